The van der Waals surface area contributed by atoms with Crippen molar-refractivity contribution in [3.63, 3.8) is 0 Å². The van der Waals surface area contributed by atoms with Gasteiger partial charge in [0.15, 0.2) is 5.82 Å². The Balaban J connectivity index is 1.78. The highest BCUT2D eigenvalue weighted by atomic mass is 16.2. The van der Waals surface area contributed by atoms with E-state index in [1.165, 1.54) is 0 Å². The minimum atomic E-state index is -0.255. The number of aromatic nitrogens is 5. The summed E-state index contributed by atoms with van der Waals surface area (Å²) in [5, 5.41) is 14.1. The van der Waals surface area contributed by atoms with Gasteiger partial charge in [-0.15, -0.1) is 10.2 Å². The summed E-state index contributed by atoms with van der Waals surface area (Å²) in [5.74, 6) is 1.60. The summed E-state index contributed by atoms with van der Waals surface area (Å²) in [4.78, 5) is 17.0. The smallest absolute Gasteiger partial charge is 0.319 e. The first-order valence-electron chi connectivity index (χ1n) is 9.00. The molecule has 0 radical (unpaired) electrons. The molecule has 2 amide bonds. The Bertz CT molecular complexity index is 928. The van der Waals surface area contributed by atoms with Gasteiger partial charge in [-0.2, -0.15) is 0 Å². The quantitative estimate of drug-likeness (QED) is 0.700. The largest absolute Gasteiger partial charge is 0.336 e. The zero-order valence-electron chi connectivity index (χ0n) is 16.1. The van der Waals surface area contributed by atoms with E-state index < -0.39 is 0 Å². The Morgan fingerprint density at radius 2 is 2.07 bits per heavy atom. The molecule has 2 heterocycles. The first-order chi connectivity index (χ1) is 13.0. The minimum absolute atomic E-state index is 0.141. The van der Waals surface area contributed by atoms with Gasteiger partial charge in [-0.25, -0.2) is 9.78 Å². The molecule has 0 aliphatic carbocycles. The van der Waals surface area contributed by atoms with E-state index in [1.54, 1.807) is 12.5 Å². The number of rotatable bonds is 6. The van der Waals surface area contributed by atoms with Gasteiger partial charge in [0.2, 0.25) is 0 Å². The van der Waals surface area contributed by atoms with Crippen LogP contribution in [0.2, 0.25) is 0 Å². The average molecular weight is 367 g/mol. The molecule has 3 rings (SSSR count). The van der Waals surface area contributed by atoms with Crippen LogP contribution in [0, 0.1) is 6.92 Å². The number of hydrogen-bond acceptors (Lipinski definition) is 4. The van der Waals surface area contributed by atoms with Gasteiger partial charge in [0.1, 0.15) is 12.2 Å². The summed E-state index contributed by atoms with van der Waals surface area (Å²) in [5.41, 5.74) is 2.61. The van der Waals surface area contributed by atoms with Gasteiger partial charge < -0.3 is 19.8 Å². The second-order valence-corrected chi connectivity index (χ2v) is 6.58. The number of nitrogens with zero attached hydrogens (tertiary/aromatic N) is 5. The predicted molar refractivity (Wildman–Crippen MR) is 104 cm³/mol. The highest BCUT2D eigenvalue weighted by molar-refractivity contribution is 5.91. The van der Waals surface area contributed by atoms with Crippen LogP contribution in [0.3, 0.4) is 0 Å². The van der Waals surface area contributed by atoms with Gasteiger partial charge in [-0.05, 0) is 25.0 Å². The lowest BCUT2D eigenvalue weighted by atomic mass is 10.1. The van der Waals surface area contributed by atoms with Crippen molar-refractivity contribution in [1.82, 2.24) is 29.6 Å². The van der Waals surface area contributed by atoms with Gasteiger partial charge in [0.05, 0.1) is 6.04 Å². The minimum Gasteiger partial charge on any atom is -0.336 e. The van der Waals surface area contributed by atoms with Crippen molar-refractivity contribution in [2.45, 2.75) is 32.7 Å². The molecule has 0 aliphatic heterocycles. The van der Waals surface area contributed by atoms with Crippen molar-refractivity contribution in [2.75, 3.05) is 5.32 Å². The number of amides is 2. The van der Waals surface area contributed by atoms with Crippen LogP contribution in [-0.4, -0.2) is 30.3 Å². The summed E-state index contributed by atoms with van der Waals surface area (Å²) in [6.45, 7) is 4.05. The molecular weight excluding hydrogens is 342 g/mol. The second-order valence-electron chi connectivity index (χ2n) is 6.58. The molecule has 2 N–H and O–H groups in total. The Morgan fingerprint density at radius 3 is 2.70 bits per heavy atom. The zero-order chi connectivity index (χ0) is 19.4. The van der Waals surface area contributed by atoms with Crippen LogP contribution in [-0.2, 0) is 14.1 Å². The molecule has 3 aromatic rings. The molecule has 1 atom stereocenters. The van der Waals surface area contributed by atoms with E-state index in [1.807, 2.05) is 54.5 Å². The molecule has 0 unspecified atom stereocenters. The number of hydrogen-bond donors (Lipinski definition) is 2. The topological polar surface area (TPSA) is 89.7 Å². The number of carbonyl (C=O) groups is 1. The molecule has 0 saturated heterocycles. The molecule has 0 spiro atoms. The lowest BCUT2D eigenvalue weighted by Crippen LogP contribution is -2.34. The average Bonchev–Trinajstić information content (AvgIpc) is 3.25. The van der Waals surface area contributed by atoms with E-state index in [4.69, 9.17) is 0 Å². The molecule has 0 bridgehead atoms. The van der Waals surface area contributed by atoms with Crippen LogP contribution >= 0.6 is 0 Å². The van der Waals surface area contributed by atoms with E-state index in [0.29, 0.717) is 0 Å². The highest BCUT2D eigenvalue weighted by Crippen LogP contribution is 2.27. The van der Waals surface area contributed by atoms with Crippen molar-refractivity contribution < 1.29 is 4.79 Å². The van der Waals surface area contributed by atoms with E-state index in [-0.39, 0.29) is 12.1 Å². The number of nitrogens with one attached hydrogen (secondary N) is 2. The molecular formula is C19H25N7O. The fourth-order valence-corrected chi connectivity index (χ4v) is 3.12. The number of anilines is 1. The van der Waals surface area contributed by atoms with Gasteiger partial charge in [0.25, 0.3) is 0 Å². The third kappa shape index (κ3) is 3.99. The van der Waals surface area contributed by atoms with Gasteiger partial charge in [-0.3, -0.25) is 0 Å². The van der Waals surface area contributed by atoms with Crippen LogP contribution in [0.5, 0.6) is 0 Å². The molecule has 27 heavy (non-hydrogen) atoms. The molecule has 8 nitrogen and oxygen atoms in total. The summed E-state index contributed by atoms with van der Waals surface area (Å²) >= 11 is 0. The summed E-state index contributed by atoms with van der Waals surface area (Å²) < 4.78 is 3.78. The molecule has 0 saturated carbocycles. The fraction of sp³-hybridized carbons (Fsp3) is 0.368. The zero-order valence-corrected chi connectivity index (χ0v) is 16.1. The monoisotopic (exact) mass is 367 g/mol. The number of aryl methyl sites for hydroxylation is 2. The van der Waals surface area contributed by atoms with Crippen LogP contribution < -0.4 is 10.6 Å². The predicted octanol–water partition coefficient (Wildman–Crippen LogP) is 3.19. The standard InChI is InChI=1S/C19H25N7O/c1-5-7-16(18-20-10-11-25(18)3)23-19(27)22-15-9-6-8-14(13(15)2)17-24-21-12-26(17)4/h6,8-12,16H,5,7H2,1-4H3,(H2,22,23,27)/t16-/m0/s1. The van der Waals surface area contributed by atoms with E-state index in [2.05, 4.69) is 32.7 Å². The maximum absolute atomic E-state index is 12.6. The molecule has 2 aromatic heterocycles. The van der Waals surface area contributed by atoms with Crippen molar-refractivity contribution >= 4 is 11.7 Å². The second kappa shape index (κ2) is 8.03. The summed E-state index contributed by atoms with van der Waals surface area (Å²) in [6, 6.07) is 5.35. The third-order valence-electron chi connectivity index (χ3n) is 4.59. The summed E-state index contributed by atoms with van der Waals surface area (Å²) in [6.07, 6.45) is 7.04. The summed E-state index contributed by atoms with van der Waals surface area (Å²) in [7, 11) is 3.82. The van der Waals surface area contributed by atoms with Gasteiger partial charge in [-0.1, -0.05) is 25.5 Å². The SMILES string of the molecule is CCC[C@H](NC(=O)Nc1cccc(-c2nncn2C)c1C)c1nccn1C. The van der Waals surface area contributed by atoms with Gasteiger partial charge >= 0.3 is 6.03 Å². The fourth-order valence-electron chi connectivity index (χ4n) is 3.12. The van der Waals surface area contributed by atoms with E-state index in [0.717, 1.165) is 41.3 Å². The lowest BCUT2D eigenvalue weighted by Gasteiger charge is -2.19. The lowest BCUT2D eigenvalue weighted by molar-refractivity contribution is 0.247. The molecule has 8 heteroatoms. The number of urea groups is 1. The van der Waals surface area contributed by atoms with Crippen LogP contribution in [0.1, 0.15) is 37.2 Å². The number of imidazole rings is 1. The Kier molecular flexibility index (Phi) is 5.54. The molecule has 142 valence electrons. The van der Waals surface area contributed by atoms with E-state index in [9.17, 15) is 4.79 Å². The highest BCUT2D eigenvalue weighted by Gasteiger charge is 2.19. The van der Waals surface area contributed by atoms with Crippen molar-refractivity contribution in [3.8, 4) is 11.4 Å². The Labute approximate surface area is 158 Å². The Hall–Kier alpha value is -3.16. The van der Waals surface area contributed by atoms with Gasteiger partial charge in [0, 0.05) is 37.7 Å². The van der Waals surface area contributed by atoms with Crippen LogP contribution in [0.4, 0.5) is 10.5 Å². The Morgan fingerprint density at radius 1 is 1.26 bits per heavy atom. The van der Waals surface area contributed by atoms with Crippen molar-refractivity contribution in [2.24, 2.45) is 14.1 Å². The number of benzene rings is 1. The molecule has 0 aliphatic rings. The van der Waals surface area contributed by atoms with Crippen molar-refractivity contribution in [3.05, 3.63) is 48.3 Å². The first kappa shape index (κ1) is 18.6. The molecule has 1 aromatic carbocycles. The maximum atomic E-state index is 12.6. The normalized spacial score (nSPS) is 12.0. The van der Waals surface area contributed by atoms with Crippen LogP contribution in [0.25, 0.3) is 11.4 Å². The maximum Gasteiger partial charge on any atom is 0.319 e. The first-order valence-corrected chi connectivity index (χ1v) is 9.00. The van der Waals surface area contributed by atoms with Crippen molar-refractivity contribution in [1.29, 1.82) is 0 Å². The molecule has 0 fully saturated rings. The van der Waals surface area contributed by atoms with Crippen LogP contribution in [0.15, 0.2) is 36.9 Å². The van der Waals surface area contributed by atoms with E-state index >= 15 is 0 Å². The third-order valence-corrected chi connectivity index (χ3v) is 4.59. The number of carbonyl (C=O) groups excluding carboxylic acids is 1.